The summed E-state index contributed by atoms with van der Waals surface area (Å²) in [6.45, 7) is 2.60. The summed E-state index contributed by atoms with van der Waals surface area (Å²) < 4.78 is 19.8. The number of nitrogens with zero attached hydrogens (tertiary/aromatic N) is 2. The van der Waals surface area contributed by atoms with Crippen LogP contribution < -0.4 is 0 Å². The van der Waals surface area contributed by atoms with Gasteiger partial charge in [-0.15, -0.1) is 0 Å². The first-order valence-corrected chi connectivity index (χ1v) is 7.69. The van der Waals surface area contributed by atoms with Crippen molar-refractivity contribution in [2.75, 3.05) is 19.6 Å². The topological polar surface area (TPSA) is 41.1 Å². The number of aromatic amines is 1. The average molecular weight is 289 g/mol. The molecule has 0 unspecified atom stereocenters. The van der Waals surface area contributed by atoms with E-state index in [1.807, 2.05) is 24.3 Å². The van der Waals surface area contributed by atoms with Gasteiger partial charge in [-0.05, 0) is 30.9 Å². The number of imidazole rings is 1. The van der Waals surface area contributed by atoms with E-state index in [-0.39, 0.29) is 6.10 Å². The highest BCUT2D eigenvalue weighted by Crippen LogP contribution is 2.31. The fourth-order valence-corrected chi connectivity index (χ4v) is 3.04. The molecule has 1 aliphatic carbocycles. The average Bonchev–Trinajstić information content (AvgIpc) is 3.08. The number of halogens is 1. The largest absolute Gasteiger partial charge is 0.366 e. The maximum Gasteiger partial charge on any atom is 0.140 e. The predicted molar refractivity (Wildman–Crippen MR) is 78.7 cm³/mol. The van der Waals surface area contributed by atoms with E-state index in [1.165, 1.54) is 12.8 Å². The van der Waals surface area contributed by atoms with Crippen LogP contribution in [0.25, 0.3) is 11.0 Å². The van der Waals surface area contributed by atoms with Crippen LogP contribution in [0.5, 0.6) is 0 Å². The highest BCUT2D eigenvalue weighted by Gasteiger charge is 2.36. The summed E-state index contributed by atoms with van der Waals surface area (Å²) in [5.41, 5.74) is 1.92. The molecule has 2 aromatic rings. The first-order chi connectivity index (χ1) is 10.3. The Hall–Kier alpha value is -1.46. The summed E-state index contributed by atoms with van der Waals surface area (Å²) >= 11 is 0. The molecule has 1 N–H and O–H groups in total. The molecule has 2 fully saturated rings. The number of alkyl halides is 1. The van der Waals surface area contributed by atoms with Crippen LogP contribution in [-0.4, -0.2) is 46.8 Å². The van der Waals surface area contributed by atoms with E-state index in [2.05, 4.69) is 14.9 Å². The minimum Gasteiger partial charge on any atom is -0.366 e. The van der Waals surface area contributed by atoms with Crippen molar-refractivity contribution in [2.24, 2.45) is 5.92 Å². The second kappa shape index (κ2) is 5.39. The number of para-hydroxylation sites is 2. The maximum absolute atomic E-state index is 14.0. The molecule has 4 rings (SSSR count). The second-order valence-corrected chi connectivity index (χ2v) is 6.23. The Morgan fingerprint density at radius 1 is 1.29 bits per heavy atom. The molecule has 112 valence electrons. The number of nitrogens with one attached hydrogen (secondary N) is 1. The lowest BCUT2D eigenvalue weighted by molar-refractivity contribution is 0.00872. The quantitative estimate of drug-likeness (QED) is 0.919. The molecule has 2 aliphatic rings. The van der Waals surface area contributed by atoms with Crippen LogP contribution in [0.3, 0.4) is 0 Å². The van der Waals surface area contributed by atoms with Gasteiger partial charge in [0.2, 0.25) is 0 Å². The predicted octanol–water partition coefficient (Wildman–Crippen LogP) is 2.51. The van der Waals surface area contributed by atoms with Gasteiger partial charge in [0.05, 0.1) is 11.0 Å². The van der Waals surface area contributed by atoms with Crippen LogP contribution in [0.1, 0.15) is 18.7 Å². The highest BCUT2D eigenvalue weighted by molar-refractivity contribution is 5.74. The Kier molecular flexibility index (Phi) is 3.39. The molecule has 1 aromatic heterocycles. The minimum atomic E-state index is -0.881. The summed E-state index contributed by atoms with van der Waals surface area (Å²) in [7, 11) is 0. The smallest absolute Gasteiger partial charge is 0.140 e. The molecule has 5 heteroatoms. The van der Waals surface area contributed by atoms with Crippen LogP contribution in [0.15, 0.2) is 24.3 Å². The molecular formula is C16H20FN3O. The first kappa shape index (κ1) is 13.2. The van der Waals surface area contributed by atoms with E-state index in [9.17, 15) is 4.39 Å². The monoisotopic (exact) mass is 289 g/mol. The van der Waals surface area contributed by atoms with E-state index in [1.54, 1.807) is 0 Å². The van der Waals surface area contributed by atoms with Gasteiger partial charge >= 0.3 is 0 Å². The molecule has 1 saturated carbocycles. The van der Waals surface area contributed by atoms with Crippen molar-refractivity contribution >= 4 is 11.0 Å². The zero-order valence-corrected chi connectivity index (χ0v) is 12.0. The molecule has 2 atom stereocenters. The van der Waals surface area contributed by atoms with Gasteiger partial charge in [0.15, 0.2) is 0 Å². The van der Waals surface area contributed by atoms with Gasteiger partial charge in [-0.3, -0.25) is 4.90 Å². The first-order valence-electron chi connectivity index (χ1n) is 7.69. The van der Waals surface area contributed by atoms with Crippen molar-refractivity contribution in [1.82, 2.24) is 14.9 Å². The molecule has 1 aromatic carbocycles. The van der Waals surface area contributed by atoms with Crippen LogP contribution in [0.2, 0.25) is 0 Å². The van der Waals surface area contributed by atoms with Crippen molar-refractivity contribution < 1.29 is 9.13 Å². The Morgan fingerprint density at radius 3 is 2.95 bits per heavy atom. The zero-order valence-electron chi connectivity index (χ0n) is 12.0. The van der Waals surface area contributed by atoms with Crippen LogP contribution in [0, 0.1) is 5.92 Å². The molecule has 0 amide bonds. The van der Waals surface area contributed by atoms with Crippen LogP contribution in [0.4, 0.5) is 4.39 Å². The van der Waals surface area contributed by atoms with Crippen molar-refractivity contribution in [3.63, 3.8) is 0 Å². The van der Waals surface area contributed by atoms with Gasteiger partial charge in [-0.25, -0.2) is 9.37 Å². The number of aromatic nitrogens is 2. The lowest BCUT2D eigenvalue weighted by Gasteiger charge is -2.14. The van der Waals surface area contributed by atoms with Gasteiger partial charge in [-0.2, -0.15) is 0 Å². The normalized spacial score (nSPS) is 26.7. The number of ether oxygens (including phenoxy) is 1. The third-order valence-corrected chi connectivity index (χ3v) is 4.36. The Labute approximate surface area is 123 Å². The van der Waals surface area contributed by atoms with Crippen molar-refractivity contribution in [3.05, 3.63) is 30.1 Å². The molecule has 1 aliphatic heterocycles. The third-order valence-electron chi connectivity index (χ3n) is 4.36. The number of hydrogen-bond donors (Lipinski definition) is 1. The molecule has 0 radical (unpaired) electrons. The second-order valence-electron chi connectivity index (χ2n) is 6.23. The van der Waals surface area contributed by atoms with Crippen molar-refractivity contribution in [1.29, 1.82) is 0 Å². The molecule has 1 saturated heterocycles. The van der Waals surface area contributed by atoms with Gasteiger partial charge in [0.1, 0.15) is 24.7 Å². The summed E-state index contributed by atoms with van der Waals surface area (Å²) in [5.74, 6) is 1.57. The summed E-state index contributed by atoms with van der Waals surface area (Å²) in [6, 6.07) is 7.87. The van der Waals surface area contributed by atoms with E-state index in [0.717, 1.165) is 29.3 Å². The van der Waals surface area contributed by atoms with Crippen LogP contribution in [-0.2, 0) is 11.3 Å². The van der Waals surface area contributed by atoms with Crippen LogP contribution >= 0.6 is 0 Å². The maximum atomic E-state index is 14.0. The van der Waals surface area contributed by atoms with E-state index in [4.69, 9.17) is 4.74 Å². The summed E-state index contributed by atoms with van der Waals surface area (Å²) in [5, 5.41) is 0. The number of benzene rings is 1. The minimum absolute atomic E-state index is 0.322. The van der Waals surface area contributed by atoms with Gasteiger partial charge in [0, 0.05) is 19.6 Å². The van der Waals surface area contributed by atoms with Gasteiger partial charge in [-0.1, -0.05) is 12.1 Å². The molecule has 2 heterocycles. The Bertz CT molecular complexity index is 592. The highest BCUT2D eigenvalue weighted by atomic mass is 19.1. The van der Waals surface area contributed by atoms with Gasteiger partial charge in [0.25, 0.3) is 0 Å². The number of hydrogen-bond acceptors (Lipinski definition) is 3. The Morgan fingerprint density at radius 2 is 2.14 bits per heavy atom. The van der Waals surface area contributed by atoms with Gasteiger partial charge < -0.3 is 9.72 Å². The summed E-state index contributed by atoms with van der Waals surface area (Å²) in [6.07, 6.45) is 1.40. The molecule has 4 nitrogen and oxygen atoms in total. The summed E-state index contributed by atoms with van der Waals surface area (Å²) in [4.78, 5) is 9.88. The fourth-order valence-electron chi connectivity index (χ4n) is 3.04. The van der Waals surface area contributed by atoms with Crippen molar-refractivity contribution in [2.45, 2.75) is 31.7 Å². The Balaban J connectivity index is 1.35. The van der Waals surface area contributed by atoms with E-state index in [0.29, 0.717) is 19.7 Å². The number of fused-ring (bicyclic) bond motifs is 1. The standard InChI is InChI=1S/C16H20FN3O/c17-12-8-20(7-11-5-6-11)9-15(12)21-10-16-18-13-3-1-2-4-14(13)19-16/h1-4,11-12,15H,5-10H2,(H,18,19)/t12-,15+/m1/s1. The molecule has 0 bridgehead atoms. The number of H-pyrrole nitrogens is 1. The lowest BCUT2D eigenvalue weighted by atomic mass is 10.3. The van der Waals surface area contributed by atoms with E-state index >= 15 is 0 Å². The SMILES string of the molecule is F[C@@H]1CN(CC2CC2)C[C@@H]1OCc1nc2ccccc2[nH]1. The third kappa shape index (κ3) is 2.94. The zero-order chi connectivity index (χ0) is 14.2. The molecule has 21 heavy (non-hydrogen) atoms. The van der Waals surface area contributed by atoms with Crippen molar-refractivity contribution in [3.8, 4) is 0 Å². The molecule has 0 spiro atoms. The number of likely N-dealkylation sites (tertiary alicyclic amines) is 1. The number of rotatable bonds is 5. The molecular weight excluding hydrogens is 269 g/mol. The lowest BCUT2D eigenvalue weighted by Crippen LogP contribution is -2.25. The van der Waals surface area contributed by atoms with E-state index < -0.39 is 6.17 Å². The fraction of sp³-hybridized carbons (Fsp3) is 0.562.